The Morgan fingerprint density at radius 1 is 1.43 bits per heavy atom. The third kappa shape index (κ3) is 2.70. The lowest BCUT2D eigenvalue weighted by Gasteiger charge is -2.00. The van der Waals surface area contributed by atoms with Crippen LogP contribution >= 0.6 is 0 Å². The fourth-order valence-electron chi connectivity index (χ4n) is 0.702. The summed E-state index contributed by atoms with van der Waals surface area (Å²) in [4.78, 5) is 28.6. The van der Waals surface area contributed by atoms with Crippen molar-refractivity contribution in [2.45, 2.75) is 0 Å². The number of carbonyl (C=O) groups is 2. The number of carboxylic acids is 1. The molecule has 14 heavy (non-hydrogen) atoms. The number of anilines is 1. The van der Waals surface area contributed by atoms with Gasteiger partial charge in [0, 0.05) is 0 Å². The van der Waals surface area contributed by atoms with E-state index in [0.29, 0.717) is 0 Å². The number of nitrogens with zero attached hydrogens (tertiary/aromatic N) is 2. The van der Waals surface area contributed by atoms with E-state index in [0.717, 1.165) is 0 Å². The fraction of sp³-hybridized carbons (Fsp3) is 0.143. The molecule has 1 aromatic heterocycles. The number of hydrogen-bond donors (Lipinski definition) is 3. The van der Waals surface area contributed by atoms with E-state index in [1.807, 2.05) is 0 Å². The molecule has 7 heteroatoms. The van der Waals surface area contributed by atoms with Crippen molar-refractivity contribution in [2.75, 3.05) is 12.3 Å². The maximum atomic E-state index is 11.1. The van der Waals surface area contributed by atoms with E-state index in [9.17, 15) is 9.59 Å². The smallest absolute Gasteiger partial charge is 0.322 e. The van der Waals surface area contributed by atoms with Crippen LogP contribution in [0, 0.1) is 0 Å². The molecule has 74 valence electrons. The second-order valence-corrected chi connectivity index (χ2v) is 2.40. The van der Waals surface area contributed by atoms with Crippen LogP contribution in [0.4, 0.5) is 5.82 Å². The van der Waals surface area contributed by atoms with Gasteiger partial charge >= 0.3 is 5.97 Å². The molecule has 7 nitrogen and oxygen atoms in total. The van der Waals surface area contributed by atoms with Crippen molar-refractivity contribution in [3.05, 3.63) is 18.1 Å². The van der Waals surface area contributed by atoms with Crippen molar-refractivity contribution >= 4 is 17.7 Å². The van der Waals surface area contributed by atoms with Crippen LogP contribution in [0.15, 0.2) is 12.4 Å². The van der Waals surface area contributed by atoms with E-state index >= 15 is 0 Å². The van der Waals surface area contributed by atoms with E-state index in [1.54, 1.807) is 0 Å². The largest absolute Gasteiger partial charge is 0.480 e. The van der Waals surface area contributed by atoms with Crippen molar-refractivity contribution in [1.29, 1.82) is 0 Å². The van der Waals surface area contributed by atoms with Gasteiger partial charge in [0.1, 0.15) is 18.1 Å². The van der Waals surface area contributed by atoms with E-state index in [2.05, 4.69) is 15.3 Å². The van der Waals surface area contributed by atoms with Gasteiger partial charge in [0.05, 0.1) is 12.4 Å². The van der Waals surface area contributed by atoms with Gasteiger partial charge < -0.3 is 16.2 Å². The van der Waals surface area contributed by atoms with Gasteiger partial charge in [-0.05, 0) is 0 Å². The second kappa shape index (κ2) is 4.17. The maximum absolute atomic E-state index is 11.1. The molecule has 0 atom stereocenters. The first-order chi connectivity index (χ1) is 6.59. The molecule has 0 fully saturated rings. The van der Waals surface area contributed by atoms with Crippen molar-refractivity contribution in [2.24, 2.45) is 0 Å². The zero-order valence-electron chi connectivity index (χ0n) is 7.10. The molecule has 0 aliphatic rings. The zero-order valence-corrected chi connectivity index (χ0v) is 7.10. The van der Waals surface area contributed by atoms with Crippen LogP contribution in [-0.2, 0) is 4.79 Å². The molecule has 0 aliphatic heterocycles. The van der Waals surface area contributed by atoms with Crippen LogP contribution in [0.3, 0.4) is 0 Å². The normalized spacial score (nSPS) is 9.43. The second-order valence-electron chi connectivity index (χ2n) is 2.40. The number of aliphatic carboxylic acids is 1. The van der Waals surface area contributed by atoms with Crippen LogP contribution in [0.1, 0.15) is 10.5 Å². The van der Waals surface area contributed by atoms with Crippen molar-refractivity contribution < 1.29 is 14.7 Å². The number of carbonyl (C=O) groups excluding carboxylic acids is 1. The topological polar surface area (TPSA) is 118 Å². The number of rotatable bonds is 3. The highest BCUT2D eigenvalue weighted by atomic mass is 16.4. The molecule has 0 unspecified atom stereocenters. The fourth-order valence-corrected chi connectivity index (χ4v) is 0.702. The molecule has 0 radical (unpaired) electrons. The summed E-state index contributed by atoms with van der Waals surface area (Å²) in [6.45, 7) is -0.453. The highest BCUT2D eigenvalue weighted by molar-refractivity contribution is 5.93. The number of aromatic nitrogens is 2. The summed E-state index contributed by atoms with van der Waals surface area (Å²) in [6, 6.07) is 0. The minimum absolute atomic E-state index is 0.0282. The molecule has 0 bridgehead atoms. The number of carboxylic acid groups (broad SMARTS) is 1. The first kappa shape index (κ1) is 9.90. The average Bonchev–Trinajstić information content (AvgIpc) is 2.15. The van der Waals surface area contributed by atoms with Gasteiger partial charge in [0.2, 0.25) is 0 Å². The predicted octanol–water partition coefficient (Wildman–Crippen LogP) is -1.13. The highest BCUT2D eigenvalue weighted by Gasteiger charge is 2.08. The Morgan fingerprint density at radius 2 is 2.14 bits per heavy atom. The minimum atomic E-state index is -1.12. The third-order valence-electron chi connectivity index (χ3n) is 1.30. The summed E-state index contributed by atoms with van der Waals surface area (Å²) in [6.07, 6.45) is 2.39. The summed E-state index contributed by atoms with van der Waals surface area (Å²) in [5.41, 5.74) is 5.28. The van der Waals surface area contributed by atoms with E-state index in [-0.39, 0.29) is 11.5 Å². The summed E-state index contributed by atoms with van der Waals surface area (Å²) in [7, 11) is 0. The standard InChI is InChI=1S/C7H8N4O3/c8-5-2-9-4(1-10-5)7(14)11-3-6(12)13/h1-2H,3H2,(H2,8,10)(H,11,14)(H,12,13). The van der Waals surface area contributed by atoms with Gasteiger partial charge in [-0.25, -0.2) is 9.97 Å². The number of amides is 1. The molecule has 0 aliphatic carbocycles. The first-order valence-electron chi connectivity index (χ1n) is 3.67. The van der Waals surface area contributed by atoms with Crippen LogP contribution in [0.25, 0.3) is 0 Å². The van der Waals surface area contributed by atoms with Crippen molar-refractivity contribution in [3.8, 4) is 0 Å². The summed E-state index contributed by atoms with van der Waals surface area (Å²) in [5, 5.41) is 10.4. The lowest BCUT2D eigenvalue weighted by molar-refractivity contribution is -0.135. The summed E-state index contributed by atoms with van der Waals surface area (Å²) < 4.78 is 0. The molecule has 0 saturated heterocycles. The van der Waals surface area contributed by atoms with Crippen LogP contribution < -0.4 is 11.1 Å². The van der Waals surface area contributed by atoms with Gasteiger partial charge in [-0.1, -0.05) is 0 Å². The zero-order chi connectivity index (χ0) is 10.6. The lowest BCUT2D eigenvalue weighted by atomic mass is 10.4. The summed E-state index contributed by atoms with van der Waals surface area (Å²) >= 11 is 0. The van der Waals surface area contributed by atoms with Gasteiger partial charge in [-0.15, -0.1) is 0 Å². The van der Waals surface area contributed by atoms with Crippen LogP contribution in [0.2, 0.25) is 0 Å². The van der Waals surface area contributed by atoms with E-state index in [4.69, 9.17) is 10.8 Å². The van der Waals surface area contributed by atoms with Gasteiger partial charge in [-0.3, -0.25) is 9.59 Å². The van der Waals surface area contributed by atoms with Crippen molar-refractivity contribution in [3.63, 3.8) is 0 Å². The highest BCUT2D eigenvalue weighted by Crippen LogP contribution is 1.95. The minimum Gasteiger partial charge on any atom is -0.480 e. The quantitative estimate of drug-likeness (QED) is 0.563. The van der Waals surface area contributed by atoms with Gasteiger partial charge in [0.25, 0.3) is 5.91 Å². The molecule has 4 N–H and O–H groups in total. The number of nitrogens with one attached hydrogen (secondary N) is 1. The third-order valence-corrected chi connectivity index (χ3v) is 1.30. The molecule has 0 saturated carbocycles. The average molecular weight is 196 g/mol. The molecule has 0 spiro atoms. The molecule has 1 aromatic rings. The number of hydrogen-bond acceptors (Lipinski definition) is 5. The van der Waals surface area contributed by atoms with Crippen molar-refractivity contribution in [1.82, 2.24) is 15.3 Å². The number of nitrogens with two attached hydrogens (primary N) is 1. The predicted molar refractivity (Wildman–Crippen MR) is 46.4 cm³/mol. The Hall–Kier alpha value is -2.18. The molecule has 1 rings (SSSR count). The van der Waals surface area contributed by atoms with E-state index < -0.39 is 18.4 Å². The molecular formula is C7H8N4O3. The van der Waals surface area contributed by atoms with Gasteiger partial charge in [0.15, 0.2) is 0 Å². The Bertz CT molecular complexity index is 348. The lowest BCUT2D eigenvalue weighted by Crippen LogP contribution is -2.29. The monoisotopic (exact) mass is 196 g/mol. The Balaban J connectivity index is 2.61. The first-order valence-corrected chi connectivity index (χ1v) is 3.67. The van der Waals surface area contributed by atoms with Crippen LogP contribution in [-0.4, -0.2) is 33.5 Å². The maximum Gasteiger partial charge on any atom is 0.322 e. The van der Waals surface area contributed by atoms with E-state index in [1.165, 1.54) is 12.4 Å². The Morgan fingerprint density at radius 3 is 2.64 bits per heavy atom. The molecule has 1 heterocycles. The Labute approximate surface area is 79.0 Å². The molecule has 0 aromatic carbocycles. The SMILES string of the molecule is Nc1cnc(C(=O)NCC(=O)O)cn1. The summed E-state index contributed by atoms with van der Waals surface area (Å²) in [5.74, 6) is -1.53. The molecule has 1 amide bonds. The molecular weight excluding hydrogens is 188 g/mol. The number of nitrogen functional groups attached to an aromatic ring is 1. The van der Waals surface area contributed by atoms with Crippen LogP contribution in [0.5, 0.6) is 0 Å². The Kier molecular flexibility index (Phi) is 2.95. The van der Waals surface area contributed by atoms with Gasteiger partial charge in [-0.2, -0.15) is 0 Å².